The molecule has 3 aromatic heterocycles. The minimum absolute atomic E-state index is 0.110. The van der Waals surface area contributed by atoms with Gasteiger partial charge in [0.15, 0.2) is 11.0 Å². The monoisotopic (exact) mass is 606 g/mol. The predicted molar refractivity (Wildman–Crippen MR) is 168 cm³/mol. The fourth-order valence-electron chi connectivity index (χ4n) is 4.62. The van der Waals surface area contributed by atoms with Crippen LogP contribution in [0.5, 0.6) is 0 Å². The van der Waals surface area contributed by atoms with Crippen molar-refractivity contribution >= 4 is 29.0 Å². The summed E-state index contributed by atoms with van der Waals surface area (Å²) in [5.74, 6) is 0.442. The van der Waals surface area contributed by atoms with Crippen LogP contribution in [0.15, 0.2) is 120 Å². The maximum atomic E-state index is 14.9. The van der Waals surface area contributed by atoms with E-state index in [9.17, 15) is 9.18 Å². The summed E-state index contributed by atoms with van der Waals surface area (Å²) >= 11 is 2.81. The average Bonchev–Trinajstić information content (AvgIpc) is 3.71. The highest BCUT2D eigenvalue weighted by molar-refractivity contribution is 7.98. The topological polar surface area (TPSA) is 76.8 Å². The molecule has 0 radical (unpaired) electrons. The molecule has 43 heavy (non-hydrogen) atoms. The van der Waals surface area contributed by atoms with Crippen LogP contribution in [0.2, 0.25) is 0 Å². The minimum Gasteiger partial charge on any atom is -0.333 e. The third-order valence-corrected chi connectivity index (χ3v) is 8.73. The first kappa shape index (κ1) is 28.4. The number of nitrogens with zero attached hydrogens (tertiary/aromatic N) is 6. The molecule has 0 aliphatic heterocycles. The second kappa shape index (κ2) is 13.5. The first-order valence-electron chi connectivity index (χ1n) is 13.7. The molecular formula is C33H27FN6OS2. The lowest BCUT2D eigenvalue weighted by Gasteiger charge is -2.22. The van der Waals surface area contributed by atoms with Crippen molar-refractivity contribution < 1.29 is 9.18 Å². The van der Waals surface area contributed by atoms with E-state index in [2.05, 4.69) is 27.3 Å². The Morgan fingerprint density at radius 3 is 2.37 bits per heavy atom. The molecule has 3 aromatic carbocycles. The summed E-state index contributed by atoms with van der Waals surface area (Å²) in [5.41, 5.74) is 3.72. The van der Waals surface area contributed by atoms with E-state index in [0.29, 0.717) is 41.2 Å². The molecule has 0 saturated heterocycles. The Kier molecular flexibility index (Phi) is 8.96. The van der Waals surface area contributed by atoms with Crippen molar-refractivity contribution in [2.45, 2.75) is 23.9 Å². The normalized spacial score (nSPS) is 11.0. The van der Waals surface area contributed by atoms with Gasteiger partial charge < -0.3 is 4.90 Å². The summed E-state index contributed by atoms with van der Waals surface area (Å²) < 4.78 is 16.6. The van der Waals surface area contributed by atoms with Crippen LogP contribution in [-0.4, -0.2) is 42.1 Å². The van der Waals surface area contributed by atoms with Crippen molar-refractivity contribution in [1.29, 1.82) is 0 Å². The van der Waals surface area contributed by atoms with Gasteiger partial charge in [-0.3, -0.25) is 14.3 Å². The van der Waals surface area contributed by atoms with Crippen molar-refractivity contribution in [2.75, 3.05) is 6.54 Å². The third-order valence-electron chi connectivity index (χ3n) is 6.76. The highest BCUT2D eigenvalue weighted by atomic mass is 32.2. The Hall–Kier alpha value is -4.67. The van der Waals surface area contributed by atoms with Crippen LogP contribution in [0.4, 0.5) is 4.39 Å². The van der Waals surface area contributed by atoms with E-state index in [1.165, 1.54) is 34.7 Å². The number of rotatable bonds is 11. The molecule has 6 rings (SSSR count). The summed E-state index contributed by atoms with van der Waals surface area (Å²) in [6, 6.07) is 30.3. The molecule has 3 heterocycles. The smallest absolute Gasteiger partial charge is 0.273 e. The fraction of sp³-hybridized carbons (Fsp3) is 0.121. The average molecular weight is 607 g/mol. The summed E-state index contributed by atoms with van der Waals surface area (Å²) in [6.45, 7) is 1.07. The van der Waals surface area contributed by atoms with Gasteiger partial charge in [0.05, 0.1) is 11.4 Å². The van der Waals surface area contributed by atoms with Crippen molar-refractivity contribution in [3.05, 3.63) is 142 Å². The molecule has 0 saturated carbocycles. The van der Waals surface area contributed by atoms with Gasteiger partial charge in [-0.2, -0.15) is 0 Å². The van der Waals surface area contributed by atoms with Gasteiger partial charge in [0.25, 0.3) is 5.91 Å². The summed E-state index contributed by atoms with van der Waals surface area (Å²) in [5, 5.41) is 11.8. The van der Waals surface area contributed by atoms with Crippen LogP contribution in [-0.2, 0) is 18.7 Å². The second-order valence-electron chi connectivity index (χ2n) is 9.70. The number of para-hydroxylation sites is 1. The lowest BCUT2D eigenvalue weighted by atomic mass is 10.1. The van der Waals surface area contributed by atoms with Crippen LogP contribution in [0.3, 0.4) is 0 Å². The van der Waals surface area contributed by atoms with Gasteiger partial charge in [0.2, 0.25) is 0 Å². The fourth-order valence-corrected chi connectivity index (χ4v) is 6.36. The second-order valence-corrected chi connectivity index (χ2v) is 11.6. The summed E-state index contributed by atoms with van der Waals surface area (Å²) in [7, 11) is 0. The molecule has 0 bridgehead atoms. The summed E-state index contributed by atoms with van der Waals surface area (Å²) in [4.78, 5) is 24.4. The zero-order valence-electron chi connectivity index (χ0n) is 23.1. The lowest BCUT2D eigenvalue weighted by Crippen LogP contribution is -2.32. The van der Waals surface area contributed by atoms with E-state index in [-0.39, 0.29) is 11.7 Å². The van der Waals surface area contributed by atoms with Crippen molar-refractivity contribution in [1.82, 2.24) is 29.6 Å². The Morgan fingerprint density at radius 1 is 0.884 bits per heavy atom. The van der Waals surface area contributed by atoms with Gasteiger partial charge in [-0.1, -0.05) is 84.6 Å². The van der Waals surface area contributed by atoms with Crippen LogP contribution < -0.4 is 0 Å². The van der Waals surface area contributed by atoms with E-state index in [1.54, 1.807) is 46.6 Å². The maximum absolute atomic E-state index is 14.9. The quantitative estimate of drug-likeness (QED) is 0.146. The Morgan fingerprint density at radius 2 is 1.63 bits per heavy atom. The molecule has 0 aliphatic carbocycles. The molecule has 0 fully saturated rings. The number of carbonyl (C=O) groups is 1. The third kappa shape index (κ3) is 6.87. The first-order valence-corrected chi connectivity index (χ1v) is 15.6. The van der Waals surface area contributed by atoms with E-state index in [1.807, 2.05) is 59.5 Å². The standard InChI is InChI=1S/C33H27FN6OS2/c34-27-15-7-8-16-29(27)40-31(26-14-9-18-35-20-26)37-38-33(40)43-23-30-36-28(22-42-30)32(41)39(21-25-12-5-2-6-13-25)19-17-24-10-3-1-4-11-24/h1-16,18,20,22H,17,19,21,23H2. The highest BCUT2D eigenvalue weighted by Crippen LogP contribution is 2.31. The number of hydrogen-bond acceptors (Lipinski definition) is 7. The first-order chi connectivity index (χ1) is 21.2. The molecule has 6 aromatic rings. The Bertz CT molecular complexity index is 1790. The van der Waals surface area contributed by atoms with Crippen LogP contribution in [0.25, 0.3) is 17.1 Å². The number of thioether (sulfide) groups is 1. The van der Waals surface area contributed by atoms with E-state index in [0.717, 1.165) is 22.6 Å². The molecule has 0 unspecified atom stereocenters. The van der Waals surface area contributed by atoms with Gasteiger partial charge in [0, 0.05) is 36.4 Å². The van der Waals surface area contributed by atoms with Gasteiger partial charge in [0.1, 0.15) is 16.5 Å². The number of hydrogen-bond donors (Lipinski definition) is 0. The number of halogens is 1. The predicted octanol–water partition coefficient (Wildman–Crippen LogP) is 7.10. The van der Waals surface area contributed by atoms with E-state index < -0.39 is 0 Å². The van der Waals surface area contributed by atoms with Crippen molar-refractivity contribution in [2.24, 2.45) is 0 Å². The summed E-state index contributed by atoms with van der Waals surface area (Å²) in [6.07, 6.45) is 4.09. The molecule has 214 valence electrons. The van der Waals surface area contributed by atoms with Gasteiger partial charge in [-0.15, -0.1) is 21.5 Å². The highest BCUT2D eigenvalue weighted by Gasteiger charge is 2.22. The number of thiazole rings is 1. The van der Waals surface area contributed by atoms with Gasteiger partial charge in [-0.05, 0) is 41.8 Å². The molecular weight excluding hydrogens is 580 g/mol. The van der Waals surface area contributed by atoms with Gasteiger partial charge >= 0.3 is 0 Å². The molecule has 0 atom stereocenters. The zero-order chi connectivity index (χ0) is 29.4. The maximum Gasteiger partial charge on any atom is 0.273 e. The zero-order valence-corrected chi connectivity index (χ0v) is 24.7. The number of pyridine rings is 1. The minimum atomic E-state index is -0.384. The van der Waals surface area contributed by atoms with Gasteiger partial charge in [-0.25, -0.2) is 9.37 Å². The van der Waals surface area contributed by atoms with Crippen LogP contribution in [0, 0.1) is 5.82 Å². The van der Waals surface area contributed by atoms with Crippen molar-refractivity contribution in [3.8, 4) is 17.1 Å². The molecule has 0 N–H and O–H groups in total. The number of aromatic nitrogens is 5. The molecule has 1 amide bonds. The Labute approximate surface area is 257 Å². The molecule has 0 spiro atoms. The SMILES string of the molecule is O=C(c1csc(CSc2nnc(-c3cccnc3)n2-c2ccccc2F)n1)N(CCc1ccccc1)Cc1ccccc1. The number of amides is 1. The molecule has 0 aliphatic rings. The molecule has 7 nitrogen and oxygen atoms in total. The van der Waals surface area contributed by atoms with E-state index >= 15 is 0 Å². The molecule has 10 heteroatoms. The van der Waals surface area contributed by atoms with E-state index in [4.69, 9.17) is 4.98 Å². The number of benzene rings is 3. The Balaban J connectivity index is 1.21. The van der Waals surface area contributed by atoms with Crippen molar-refractivity contribution in [3.63, 3.8) is 0 Å². The number of carbonyl (C=O) groups excluding carboxylic acids is 1. The van der Waals surface area contributed by atoms with Crippen LogP contribution >= 0.6 is 23.1 Å². The lowest BCUT2D eigenvalue weighted by molar-refractivity contribution is 0.0740. The largest absolute Gasteiger partial charge is 0.333 e. The van der Waals surface area contributed by atoms with Crippen LogP contribution in [0.1, 0.15) is 26.6 Å².